The Morgan fingerprint density at radius 2 is 1.57 bits per heavy atom. The minimum atomic E-state index is -0.453. The van der Waals surface area contributed by atoms with Crippen molar-refractivity contribution in [3.8, 4) is 0 Å². The third kappa shape index (κ3) is 2.71. The van der Waals surface area contributed by atoms with E-state index in [2.05, 4.69) is 0 Å². The Hall–Kier alpha value is -0.0800. The standard InChI is InChI=1S/C12H22O2/c13-11(8-9-6-7-9)12(14)10-4-2-1-3-5-10/h9-14H,1-8H2. The van der Waals surface area contributed by atoms with E-state index in [1.165, 1.54) is 32.1 Å². The third-order valence-corrected chi connectivity index (χ3v) is 3.80. The van der Waals surface area contributed by atoms with E-state index in [0.29, 0.717) is 11.8 Å². The summed E-state index contributed by atoms with van der Waals surface area (Å²) in [4.78, 5) is 0. The topological polar surface area (TPSA) is 40.5 Å². The largest absolute Gasteiger partial charge is 0.390 e. The fourth-order valence-corrected chi connectivity index (χ4v) is 2.62. The Morgan fingerprint density at radius 3 is 2.14 bits per heavy atom. The first-order valence-electron chi connectivity index (χ1n) is 6.13. The van der Waals surface area contributed by atoms with E-state index in [0.717, 1.165) is 19.3 Å². The second-order valence-corrected chi connectivity index (χ2v) is 5.14. The van der Waals surface area contributed by atoms with Crippen LogP contribution < -0.4 is 0 Å². The van der Waals surface area contributed by atoms with E-state index in [9.17, 15) is 10.2 Å². The summed E-state index contributed by atoms with van der Waals surface area (Å²) in [5.41, 5.74) is 0. The average molecular weight is 198 g/mol. The molecule has 0 spiro atoms. The zero-order valence-electron chi connectivity index (χ0n) is 8.86. The summed E-state index contributed by atoms with van der Waals surface area (Å²) < 4.78 is 0. The van der Waals surface area contributed by atoms with Gasteiger partial charge >= 0.3 is 0 Å². The molecule has 0 heterocycles. The molecule has 0 bridgehead atoms. The van der Waals surface area contributed by atoms with Crippen molar-refractivity contribution in [2.24, 2.45) is 11.8 Å². The van der Waals surface area contributed by atoms with Crippen LogP contribution in [0.25, 0.3) is 0 Å². The van der Waals surface area contributed by atoms with Gasteiger partial charge in [-0.2, -0.15) is 0 Å². The molecule has 0 aromatic rings. The quantitative estimate of drug-likeness (QED) is 0.726. The fourth-order valence-electron chi connectivity index (χ4n) is 2.62. The van der Waals surface area contributed by atoms with Gasteiger partial charge < -0.3 is 10.2 Å². The highest BCUT2D eigenvalue weighted by Gasteiger charge is 2.32. The highest BCUT2D eigenvalue weighted by molar-refractivity contribution is 4.84. The summed E-state index contributed by atoms with van der Waals surface area (Å²) in [7, 11) is 0. The van der Waals surface area contributed by atoms with Gasteiger partial charge in [0.1, 0.15) is 0 Å². The van der Waals surface area contributed by atoms with Gasteiger partial charge in [0.2, 0.25) is 0 Å². The minimum absolute atomic E-state index is 0.373. The molecule has 0 radical (unpaired) electrons. The van der Waals surface area contributed by atoms with E-state index in [-0.39, 0.29) is 0 Å². The van der Waals surface area contributed by atoms with Crippen LogP contribution in [0, 0.1) is 11.8 Å². The highest BCUT2D eigenvalue weighted by Crippen LogP contribution is 2.36. The Labute approximate surface area is 86.3 Å². The predicted octanol–water partition coefficient (Wildman–Crippen LogP) is 2.09. The van der Waals surface area contributed by atoms with Crippen LogP contribution in [-0.4, -0.2) is 22.4 Å². The van der Waals surface area contributed by atoms with Gasteiger partial charge in [0.15, 0.2) is 0 Å². The molecule has 2 nitrogen and oxygen atoms in total. The molecule has 82 valence electrons. The van der Waals surface area contributed by atoms with Crippen LogP contribution in [0.3, 0.4) is 0 Å². The molecule has 14 heavy (non-hydrogen) atoms. The van der Waals surface area contributed by atoms with Crippen molar-refractivity contribution in [1.29, 1.82) is 0 Å². The summed E-state index contributed by atoms with van der Waals surface area (Å²) in [6.45, 7) is 0. The Morgan fingerprint density at radius 1 is 0.929 bits per heavy atom. The Balaban J connectivity index is 1.75. The van der Waals surface area contributed by atoms with Gasteiger partial charge in [0.25, 0.3) is 0 Å². The van der Waals surface area contributed by atoms with Crippen LogP contribution >= 0.6 is 0 Å². The van der Waals surface area contributed by atoms with Gasteiger partial charge in [-0.05, 0) is 31.1 Å². The van der Waals surface area contributed by atoms with E-state index < -0.39 is 12.2 Å². The minimum Gasteiger partial charge on any atom is -0.390 e. The molecule has 2 aliphatic rings. The van der Waals surface area contributed by atoms with Crippen molar-refractivity contribution in [3.05, 3.63) is 0 Å². The van der Waals surface area contributed by atoms with Crippen molar-refractivity contribution in [2.75, 3.05) is 0 Å². The van der Waals surface area contributed by atoms with E-state index in [1.807, 2.05) is 0 Å². The molecule has 2 N–H and O–H groups in total. The van der Waals surface area contributed by atoms with Gasteiger partial charge in [-0.1, -0.05) is 32.1 Å². The molecule has 2 aliphatic carbocycles. The van der Waals surface area contributed by atoms with Crippen molar-refractivity contribution in [1.82, 2.24) is 0 Å². The van der Waals surface area contributed by atoms with Crippen molar-refractivity contribution < 1.29 is 10.2 Å². The van der Waals surface area contributed by atoms with Crippen LogP contribution in [0.15, 0.2) is 0 Å². The van der Waals surface area contributed by atoms with Crippen molar-refractivity contribution in [2.45, 2.75) is 63.6 Å². The van der Waals surface area contributed by atoms with Crippen LogP contribution in [0.5, 0.6) is 0 Å². The fraction of sp³-hybridized carbons (Fsp3) is 1.00. The Kier molecular flexibility index (Phi) is 3.45. The van der Waals surface area contributed by atoms with E-state index in [1.54, 1.807) is 0 Å². The lowest BCUT2D eigenvalue weighted by Crippen LogP contribution is -2.34. The SMILES string of the molecule is OC(CC1CC1)C(O)C1CCCCC1. The third-order valence-electron chi connectivity index (χ3n) is 3.80. The van der Waals surface area contributed by atoms with Crippen LogP contribution in [0.2, 0.25) is 0 Å². The van der Waals surface area contributed by atoms with Gasteiger partial charge in [0.05, 0.1) is 12.2 Å². The number of aliphatic hydroxyl groups excluding tert-OH is 2. The maximum absolute atomic E-state index is 9.97. The summed E-state index contributed by atoms with van der Waals surface area (Å²) in [5.74, 6) is 1.08. The summed E-state index contributed by atoms with van der Waals surface area (Å²) in [5, 5.41) is 19.8. The number of hydrogen-bond acceptors (Lipinski definition) is 2. The molecule has 2 fully saturated rings. The first kappa shape index (κ1) is 10.4. The molecule has 0 amide bonds. The number of aliphatic hydroxyl groups is 2. The zero-order chi connectivity index (χ0) is 9.97. The molecule has 2 rings (SSSR count). The molecule has 0 saturated heterocycles. The first-order valence-corrected chi connectivity index (χ1v) is 6.13. The first-order chi connectivity index (χ1) is 6.77. The van der Waals surface area contributed by atoms with Gasteiger partial charge in [-0.25, -0.2) is 0 Å². The second-order valence-electron chi connectivity index (χ2n) is 5.14. The lowest BCUT2D eigenvalue weighted by molar-refractivity contribution is -0.0328. The lowest BCUT2D eigenvalue weighted by atomic mass is 9.82. The monoisotopic (exact) mass is 198 g/mol. The molecular weight excluding hydrogens is 176 g/mol. The predicted molar refractivity (Wildman–Crippen MR) is 55.9 cm³/mol. The summed E-state index contributed by atoms with van der Waals surface area (Å²) >= 11 is 0. The van der Waals surface area contributed by atoms with Gasteiger partial charge in [-0.15, -0.1) is 0 Å². The van der Waals surface area contributed by atoms with Crippen LogP contribution in [0.4, 0.5) is 0 Å². The normalized spacial score (nSPS) is 28.7. The molecule has 2 saturated carbocycles. The zero-order valence-corrected chi connectivity index (χ0v) is 8.86. The second kappa shape index (κ2) is 4.63. The maximum Gasteiger partial charge on any atom is 0.0827 e. The van der Waals surface area contributed by atoms with Crippen molar-refractivity contribution in [3.63, 3.8) is 0 Å². The maximum atomic E-state index is 9.97. The van der Waals surface area contributed by atoms with Crippen LogP contribution in [-0.2, 0) is 0 Å². The van der Waals surface area contributed by atoms with E-state index >= 15 is 0 Å². The molecule has 2 unspecified atom stereocenters. The summed E-state index contributed by atoms with van der Waals surface area (Å²) in [6.07, 6.45) is 8.45. The summed E-state index contributed by atoms with van der Waals surface area (Å²) in [6, 6.07) is 0. The van der Waals surface area contributed by atoms with Gasteiger partial charge in [0, 0.05) is 0 Å². The Bertz CT molecular complexity index is 171. The molecule has 0 aliphatic heterocycles. The molecule has 2 heteroatoms. The van der Waals surface area contributed by atoms with E-state index in [4.69, 9.17) is 0 Å². The van der Waals surface area contributed by atoms with Crippen molar-refractivity contribution >= 4 is 0 Å². The van der Waals surface area contributed by atoms with Crippen LogP contribution in [0.1, 0.15) is 51.4 Å². The molecule has 0 aromatic heterocycles. The number of rotatable bonds is 4. The molecule has 0 aromatic carbocycles. The lowest BCUT2D eigenvalue weighted by Gasteiger charge is -2.29. The molecular formula is C12H22O2. The number of hydrogen-bond donors (Lipinski definition) is 2. The average Bonchev–Trinajstić information content (AvgIpc) is 3.02. The smallest absolute Gasteiger partial charge is 0.0827 e. The molecule has 2 atom stereocenters. The highest BCUT2D eigenvalue weighted by atomic mass is 16.3. The van der Waals surface area contributed by atoms with Gasteiger partial charge in [-0.3, -0.25) is 0 Å².